The topological polar surface area (TPSA) is 41.1 Å². The Hall–Kier alpha value is -1.35. The van der Waals surface area contributed by atoms with Crippen LogP contribution in [0.15, 0.2) is 30.3 Å². The second kappa shape index (κ2) is 5.11. The first kappa shape index (κ1) is 11.7. The Bertz CT molecular complexity index is 406. The van der Waals surface area contributed by atoms with E-state index in [1.807, 2.05) is 30.3 Å². The Labute approximate surface area is 108 Å². The molecule has 3 unspecified atom stereocenters. The molecule has 96 valence electrons. The fourth-order valence-electron chi connectivity index (χ4n) is 3.28. The number of benzene rings is 1. The lowest BCUT2D eigenvalue weighted by molar-refractivity contribution is -0.121. The monoisotopic (exact) mass is 244 g/mol. The summed E-state index contributed by atoms with van der Waals surface area (Å²) in [6.07, 6.45) is 4.03. The van der Waals surface area contributed by atoms with Crippen LogP contribution in [0.2, 0.25) is 0 Å². The van der Waals surface area contributed by atoms with E-state index in [1.54, 1.807) is 0 Å². The van der Waals surface area contributed by atoms with Gasteiger partial charge in [0.2, 0.25) is 5.91 Å². The molecule has 0 radical (unpaired) electrons. The summed E-state index contributed by atoms with van der Waals surface area (Å²) < 4.78 is 0. The molecule has 1 aliphatic carbocycles. The zero-order valence-corrected chi connectivity index (χ0v) is 10.6. The van der Waals surface area contributed by atoms with E-state index < -0.39 is 0 Å². The van der Waals surface area contributed by atoms with Gasteiger partial charge >= 0.3 is 0 Å². The Kier molecular flexibility index (Phi) is 3.33. The molecule has 1 saturated carbocycles. The molecule has 2 aliphatic rings. The largest absolute Gasteiger partial charge is 0.353 e. The number of hydrogen-bond donors (Lipinski definition) is 2. The van der Waals surface area contributed by atoms with Crippen LogP contribution in [0.5, 0.6) is 0 Å². The number of hydrogen-bond acceptors (Lipinski definition) is 2. The van der Waals surface area contributed by atoms with E-state index in [9.17, 15) is 4.79 Å². The van der Waals surface area contributed by atoms with Crippen molar-refractivity contribution >= 4 is 5.91 Å². The first-order valence-corrected chi connectivity index (χ1v) is 6.86. The molecule has 1 amide bonds. The van der Waals surface area contributed by atoms with Crippen LogP contribution in [-0.2, 0) is 11.2 Å². The predicted octanol–water partition coefficient (Wildman–Crippen LogP) is 1.49. The van der Waals surface area contributed by atoms with Crippen LogP contribution in [-0.4, -0.2) is 24.5 Å². The highest BCUT2D eigenvalue weighted by molar-refractivity contribution is 5.78. The molecule has 3 atom stereocenters. The lowest BCUT2D eigenvalue weighted by Gasteiger charge is -2.27. The van der Waals surface area contributed by atoms with E-state index in [0.717, 1.165) is 30.9 Å². The number of rotatable bonds is 3. The van der Waals surface area contributed by atoms with Crippen LogP contribution in [0.1, 0.15) is 24.8 Å². The highest BCUT2D eigenvalue weighted by Crippen LogP contribution is 2.29. The van der Waals surface area contributed by atoms with Gasteiger partial charge in [-0.1, -0.05) is 30.3 Å². The van der Waals surface area contributed by atoms with E-state index in [-0.39, 0.29) is 5.91 Å². The summed E-state index contributed by atoms with van der Waals surface area (Å²) in [5.74, 6) is 0.929. The van der Waals surface area contributed by atoms with E-state index in [4.69, 9.17) is 0 Å². The number of carbonyl (C=O) groups excluding carboxylic acids is 1. The Morgan fingerprint density at radius 1 is 1.22 bits per heavy atom. The highest BCUT2D eigenvalue weighted by atomic mass is 16.1. The molecule has 3 rings (SSSR count). The normalized spacial score (nSPS) is 30.1. The summed E-state index contributed by atoms with van der Waals surface area (Å²) in [5, 5.41) is 6.71. The van der Waals surface area contributed by atoms with E-state index >= 15 is 0 Å². The van der Waals surface area contributed by atoms with Gasteiger partial charge in [-0.2, -0.15) is 0 Å². The number of carbonyl (C=O) groups is 1. The Morgan fingerprint density at radius 2 is 2.06 bits per heavy atom. The van der Waals surface area contributed by atoms with Gasteiger partial charge in [0, 0.05) is 12.1 Å². The van der Waals surface area contributed by atoms with Crippen LogP contribution in [0.3, 0.4) is 0 Å². The van der Waals surface area contributed by atoms with E-state index in [0.29, 0.717) is 18.5 Å². The first-order chi connectivity index (χ1) is 8.79. The average molecular weight is 244 g/mol. The lowest BCUT2D eigenvalue weighted by atomic mass is 9.86. The minimum Gasteiger partial charge on any atom is -0.353 e. The van der Waals surface area contributed by atoms with Crippen LogP contribution in [0, 0.1) is 5.92 Å². The predicted molar refractivity (Wildman–Crippen MR) is 71.2 cm³/mol. The van der Waals surface area contributed by atoms with Gasteiger partial charge in [-0.3, -0.25) is 4.79 Å². The third kappa shape index (κ3) is 2.72. The maximum Gasteiger partial charge on any atom is 0.224 e. The van der Waals surface area contributed by atoms with Gasteiger partial charge in [0.25, 0.3) is 0 Å². The SMILES string of the molecule is O=C(Cc1ccccc1)NC1CC2CNC(C2)C1. The number of amides is 1. The summed E-state index contributed by atoms with van der Waals surface area (Å²) in [4.78, 5) is 12.0. The molecule has 1 heterocycles. The van der Waals surface area contributed by atoms with Crippen molar-refractivity contribution in [1.82, 2.24) is 10.6 Å². The molecular formula is C15H20N2O. The molecule has 1 aromatic carbocycles. The van der Waals surface area contributed by atoms with Crippen molar-refractivity contribution in [3.8, 4) is 0 Å². The zero-order valence-electron chi connectivity index (χ0n) is 10.6. The third-order valence-corrected chi connectivity index (χ3v) is 4.07. The fraction of sp³-hybridized carbons (Fsp3) is 0.533. The quantitative estimate of drug-likeness (QED) is 0.845. The van der Waals surface area contributed by atoms with Crippen molar-refractivity contribution in [2.75, 3.05) is 6.54 Å². The minimum atomic E-state index is 0.160. The van der Waals surface area contributed by atoms with Crippen LogP contribution in [0.4, 0.5) is 0 Å². The van der Waals surface area contributed by atoms with Crippen LogP contribution >= 0.6 is 0 Å². The smallest absolute Gasteiger partial charge is 0.224 e. The number of nitrogens with one attached hydrogen (secondary N) is 2. The minimum absolute atomic E-state index is 0.160. The Morgan fingerprint density at radius 3 is 2.83 bits per heavy atom. The number of fused-ring (bicyclic) bond motifs is 2. The van der Waals surface area contributed by atoms with Gasteiger partial charge in [-0.05, 0) is 37.3 Å². The van der Waals surface area contributed by atoms with Gasteiger partial charge in [-0.15, -0.1) is 0 Å². The maximum atomic E-state index is 12.0. The first-order valence-electron chi connectivity index (χ1n) is 6.86. The summed E-state index contributed by atoms with van der Waals surface area (Å²) >= 11 is 0. The average Bonchev–Trinajstić information content (AvgIpc) is 2.70. The standard InChI is InChI=1S/C15H20N2O/c18-15(8-11-4-2-1-3-5-11)17-14-7-12-6-13(9-14)16-10-12/h1-5,12-14,16H,6-10H2,(H,17,18). The van der Waals surface area contributed by atoms with Gasteiger partial charge in [0.15, 0.2) is 0 Å². The molecule has 1 aliphatic heterocycles. The van der Waals surface area contributed by atoms with Crippen molar-refractivity contribution in [2.24, 2.45) is 5.92 Å². The molecule has 2 bridgehead atoms. The highest BCUT2D eigenvalue weighted by Gasteiger charge is 2.34. The molecule has 0 aromatic heterocycles. The Balaban J connectivity index is 1.52. The molecule has 1 aromatic rings. The van der Waals surface area contributed by atoms with E-state index in [2.05, 4.69) is 10.6 Å². The van der Waals surface area contributed by atoms with Crippen molar-refractivity contribution in [1.29, 1.82) is 0 Å². The van der Waals surface area contributed by atoms with Gasteiger partial charge in [-0.25, -0.2) is 0 Å². The molecule has 1 saturated heterocycles. The molecule has 2 fully saturated rings. The molecule has 2 N–H and O–H groups in total. The molecule has 18 heavy (non-hydrogen) atoms. The molecule has 3 nitrogen and oxygen atoms in total. The summed E-state index contributed by atoms with van der Waals surface area (Å²) in [7, 11) is 0. The van der Waals surface area contributed by atoms with Gasteiger partial charge < -0.3 is 10.6 Å². The lowest BCUT2D eigenvalue weighted by Crippen LogP contribution is -2.41. The molecule has 3 heteroatoms. The second-order valence-electron chi connectivity index (χ2n) is 5.61. The summed E-state index contributed by atoms with van der Waals surface area (Å²) in [6, 6.07) is 11.0. The van der Waals surface area contributed by atoms with Crippen molar-refractivity contribution in [3.63, 3.8) is 0 Å². The van der Waals surface area contributed by atoms with Gasteiger partial charge in [0.1, 0.15) is 0 Å². The summed E-state index contributed by atoms with van der Waals surface area (Å²) in [6.45, 7) is 1.13. The fourth-order valence-corrected chi connectivity index (χ4v) is 3.28. The third-order valence-electron chi connectivity index (χ3n) is 4.07. The van der Waals surface area contributed by atoms with E-state index in [1.165, 1.54) is 6.42 Å². The molecule has 0 spiro atoms. The van der Waals surface area contributed by atoms with Crippen molar-refractivity contribution < 1.29 is 4.79 Å². The zero-order chi connectivity index (χ0) is 12.4. The van der Waals surface area contributed by atoms with Crippen LogP contribution < -0.4 is 10.6 Å². The second-order valence-corrected chi connectivity index (χ2v) is 5.61. The molecular weight excluding hydrogens is 224 g/mol. The van der Waals surface area contributed by atoms with Crippen molar-refractivity contribution in [3.05, 3.63) is 35.9 Å². The summed E-state index contributed by atoms with van der Waals surface area (Å²) in [5.41, 5.74) is 1.09. The van der Waals surface area contributed by atoms with Crippen LogP contribution in [0.25, 0.3) is 0 Å². The van der Waals surface area contributed by atoms with Crippen molar-refractivity contribution in [2.45, 2.75) is 37.8 Å². The maximum absolute atomic E-state index is 12.0. The van der Waals surface area contributed by atoms with Gasteiger partial charge in [0.05, 0.1) is 6.42 Å².